The molecule has 0 atom stereocenters. The summed E-state index contributed by atoms with van der Waals surface area (Å²) in [5, 5.41) is 15.9. The highest BCUT2D eigenvalue weighted by molar-refractivity contribution is 6.35. The first-order valence-electron chi connectivity index (χ1n) is 4.56. The van der Waals surface area contributed by atoms with Crippen molar-refractivity contribution in [3.8, 4) is 0 Å². The summed E-state index contributed by atoms with van der Waals surface area (Å²) < 4.78 is 0. The molecule has 7 heteroatoms. The molecule has 0 aliphatic heterocycles. The Bertz CT molecular complexity index is 476. The number of tetrazole rings is 1. The minimum absolute atomic E-state index is 0.477. The van der Waals surface area contributed by atoms with E-state index in [-0.39, 0.29) is 0 Å². The van der Waals surface area contributed by atoms with Gasteiger partial charge in [0.1, 0.15) is 0 Å². The predicted octanol–water partition coefficient (Wildman–Crippen LogP) is 2.13. The molecule has 2 rings (SSSR count). The molecule has 5 nitrogen and oxygen atoms in total. The number of aromatic nitrogens is 4. The quantitative estimate of drug-likeness (QED) is 0.916. The smallest absolute Gasteiger partial charge is 0.193 e. The fraction of sp³-hybridized carbons (Fsp3) is 0.222. The van der Waals surface area contributed by atoms with Crippen LogP contribution in [0, 0.1) is 0 Å². The maximum Gasteiger partial charge on any atom is 0.193 e. The summed E-state index contributed by atoms with van der Waals surface area (Å²) in [6.07, 6.45) is 0. The first kappa shape index (κ1) is 11.2. The van der Waals surface area contributed by atoms with Crippen molar-refractivity contribution in [1.29, 1.82) is 0 Å². The molecule has 0 saturated heterocycles. The molecule has 1 aromatic carbocycles. The second-order valence-electron chi connectivity index (χ2n) is 3.21. The molecule has 0 amide bonds. The summed E-state index contributed by atoms with van der Waals surface area (Å²) in [5.74, 6) is 0.610. The molecule has 0 saturated carbocycles. The molecule has 2 aromatic rings. The van der Waals surface area contributed by atoms with Gasteiger partial charge in [0.25, 0.3) is 0 Å². The van der Waals surface area contributed by atoms with Gasteiger partial charge >= 0.3 is 0 Å². The summed E-state index contributed by atoms with van der Waals surface area (Å²) in [4.78, 5) is 1.40. The molecule has 84 valence electrons. The number of aryl methyl sites for hydroxylation is 1. The van der Waals surface area contributed by atoms with E-state index in [1.165, 1.54) is 4.80 Å². The highest BCUT2D eigenvalue weighted by Crippen LogP contribution is 2.22. The molecule has 0 aliphatic rings. The van der Waals surface area contributed by atoms with Crippen LogP contribution in [0.5, 0.6) is 0 Å². The molecular weight excluding hydrogens is 249 g/mol. The van der Waals surface area contributed by atoms with Crippen LogP contribution in [0.15, 0.2) is 18.2 Å². The van der Waals surface area contributed by atoms with E-state index in [9.17, 15) is 0 Å². The van der Waals surface area contributed by atoms with Gasteiger partial charge in [-0.25, -0.2) is 0 Å². The second kappa shape index (κ2) is 4.67. The Kier molecular flexibility index (Phi) is 3.26. The molecule has 0 aliphatic carbocycles. The van der Waals surface area contributed by atoms with Crippen molar-refractivity contribution in [1.82, 2.24) is 20.2 Å². The Labute approximate surface area is 102 Å². The number of rotatable bonds is 3. The molecule has 0 radical (unpaired) electrons. The second-order valence-corrected chi connectivity index (χ2v) is 4.08. The van der Waals surface area contributed by atoms with Crippen molar-refractivity contribution in [2.75, 3.05) is 5.32 Å². The van der Waals surface area contributed by atoms with E-state index < -0.39 is 0 Å². The monoisotopic (exact) mass is 257 g/mol. The lowest BCUT2D eigenvalue weighted by molar-refractivity contribution is 0.628. The van der Waals surface area contributed by atoms with Gasteiger partial charge < -0.3 is 5.32 Å². The van der Waals surface area contributed by atoms with Crippen LogP contribution in [0.2, 0.25) is 10.0 Å². The van der Waals surface area contributed by atoms with Crippen molar-refractivity contribution in [2.24, 2.45) is 7.05 Å². The predicted molar refractivity (Wildman–Crippen MR) is 62.6 cm³/mol. The van der Waals surface area contributed by atoms with Crippen LogP contribution < -0.4 is 5.32 Å². The van der Waals surface area contributed by atoms with Crippen molar-refractivity contribution < 1.29 is 0 Å². The topological polar surface area (TPSA) is 55.6 Å². The molecule has 0 fully saturated rings. The van der Waals surface area contributed by atoms with E-state index in [1.54, 1.807) is 25.2 Å². The average molecular weight is 258 g/mol. The standard InChI is InChI=1S/C9H9Cl2N5/c1-16-14-9(13-15-16)5-12-8-3-6(10)2-7(11)4-8/h2-4,12H,5H2,1H3. The lowest BCUT2D eigenvalue weighted by Gasteiger charge is -2.04. The van der Waals surface area contributed by atoms with Crippen LogP contribution in [0.25, 0.3) is 0 Å². The fourth-order valence-electron chi connectivity index (χ4n) is 1.23. The summed E-state index contributed by atoms with van der Waals surface area (Å²) in [6, 6.07) is 5.24. The van der Waals surface area contributed by atoms with Crippen molar-refractivity contribution in [3.05, 3.63) is 34.1 Å². The first-order chi connectivity index (χ1) is 7.63. The molecule has 1 N–H and O–H groups in total. The zero-order valence-electron chi connectivity index (χ0n) is 8.48. The van der Waals surface area contributed by atoms with Crippen LogP contribution in [-0.4, -0.2) is 20.2 Å². The lowest BCUT2D eigenvalue weighted by atomic mass is 10.3. The van der Waals surface area contributed by atoms with Crippen molar-refractivity contribution in [2.45, 2.75) is 6.54 Å². The van der Waals surface area contributed by atoms with Crippen LogP contribution in [0.3, 0.4) is 0 Å². The van der Waals surface area contributed by atoms with Crippen molar-refractivity contribution >= 4 is 28.9 Å². The third-order valence-corrected chi connectivity index (χ3v) is 2.30. The van der Waals surface area contributed by atoms with Crippen LogP contribution >= 0.6 is 23.2 Å². The highest BCUT2D eigenvalue weighted by atomic mass is 35.5. The zero-order chi connectivity index (χ0) is 11.5. The SMILES string of the molecule is Cn1nnc(CNc2cc(Cl)cc(Cl)c2)n1. The zero-order valence-corrected chi connectivity index (χ0v) is 10.00. The van der Waals surface area contributed by atoms with Gasteiger partial charge in [-0.1, -0.05) is 23.2 Å². The van der Waals surface area contributed by atoms with Crippen LogP contribution in [0.4, 0.5) is 5.69 Å². The summed E-state index contributed by atoms with van der Waals surface area (Å²) in [5.41, 5.74) is 0.824. The molecule has 0 spiro atoms. The Hall–Kier alpha value is -1.33. The Balaban J connectivity index is 2.04. The first-order valence-corrected chi connectivity index (χ1v) is 5.32. The Morgan fingerprint density at radius 3 is 2.50 bits per heavy atom. The van der Waals surface area contributed by atoms with Gasteiger partial charge in [0.05, 0.1) is 13.6 Å². The minimum atomic E-state index is 0.477. The van der Waals surface area contributed by atoms with Crippen molar-refractivity contribution in [3.63, 3.8) is 0 Å². The van der Waals surface area contributed by atoms with E-state index in [4.69, 9.17) is 23.2 Å². The Morgan fingerprint density at radius 2 is 1.94 bits per heavy atom. The normalized spacial score (nSPS) is 10.4. The largest absolute Gasteiger partial charge is 0.378 e. The van der Waals surface area contributed by atoms with Gasteiger partial charge in [0.2, 0.25) is 0 Å². The lowest BCUT2D eigenvalue weighted by Crippen LogP contribution is -2.02. The van der Waals surface area contributed by atoms with E-state index in [0.717, 1.165) is 5.69 Å². The summed E-state index contributed by atoms with van der Waals surface area (Å²) >= 11 is 11.7. The molecule has 1 aromatic heterocycles. The van der Waals surface area contributed by atoms with Gasteiger partial charge in [-0.05, 0) is 23.4 Å². The maximum atomic E-state index is 5.86. The van der Waals surface area contributed by atoms with Gasteiger partial charge in [-0.2, -0.15) is 4.80 Å². The average Bonchev–Trinajstić information content (AvgIpc) is 2.60. The van der Waals surface area contributed by atoms with Gasteiger partial charge in [0, 0.05) is 15.7 Å². The Morgan fingerprint density at radius 1 is 1.25 bits per heavy atom. The minimum Gasteiger partial charge on any atom is -0.378 e. The number of halogens is 2. The molecule has 16 heavy (non-hydrogen) atoms. The highest BCUT2D eigenvalue weighted by Gasteiger charge is 2.01. The number of hydrogen-bond donors (Lipinski definition) is 1. The van der Waals surface area contributed by atoms with E-state index >= 15 is 0 Å². The number of hydrogen-bond acceptors (Lipinski definition) is 4. The molecule has 0 bridgehead atoms. The fourth-order valence-corrected chi connectivity index (χ4v) is 1.76. The number of anilines is 1. The third-order valence-electron chi connectivity index (χ3n) is 1.86. The molecule has 1 heterocycles. The molecular formula is C9H9Cl2N5. The van der Waals surface area contributed by atoms with Gasteiger partial charge in [-0.3, -0.25) is 0 Å². The number of benzene rings is 1. The number of nitrogens with zero attached hydrogens (tertiary/aromatic N) is 4. The number of nitrogens with one attached hydrogen (secondary N) is 1. The van der Waals surface area contributed by atoms with Gasteiger partial charge in [0.15, 0.2) is 5.82 Å². The summed E-state index contributed by atoms with van der Waals surface area (Å²) in [7, 11) is 1.72. The van der Waals surface area contributed by atoms with E-state index in [2.05, 4.69) is 20.7 Å². The van der Waals surface area contributed by atoms with Crippen LogP contribution in [0.1, 0.15) is 5.82 Å². The van der Waals surface area contributed by atoms with Gasteiger partial charge in [-0.15, -0.1) is 10.2 Å². The molecule has 0 unspecified atom stereocenters. The van der Waals surface area contributed by atoms with E-state index in [0.29, 0.717) is 22.4 Å². The summed E-state index contributed by atoms with van der Waals surface area (Å²) in [6.45, 7) is 0.477. The van der Waals surface area contributed by atoms with Crippen LogP contribution in [-0.2, 0) is 13.6 Å². The van der Waals surface area contributed by atoms with E-state index in [1.807, 2.05) is 0 Å². The third kappa shape index (κ3) is 2.84. The maximum absolute atomic E-state index is 5.86.